The highest BCUT2D eigenvalue weighted by Gasteiger charge is 2.17. The number of aliphatic carboxylic acids is 1. The molecule has 0 bridgehead atoms. The van der Waals surface area contributed by atoms with Gasteiger partial charge in [-0.1, -0.05) is 17.7 Å². The van der Waals surface area contributed by atoms with Crippen LogP contribution in [-0.4, -0.2) is 39.3 Å². The molecular weight excluding hydrogens is 294 g/mol. The summed E-state index contributed by atoms with van der Waals surface area (Å²) in [4.78, 5) is 10.2. The normalized spacial score (nSPS) is 11.5. The van der Waals surface area contributed by atoms with E-state index in [9.17, 15) is 13.2 Å². The molecule has 0 aliphatic carbocycles. The second-order valence-corrected chi connectivity index (χ2v) is 5.92. The van der Waals surface area contributed by atoms with Gasteiger partial charge < -0.3 is 9.84 Å². The molecule has 0 atom stereocenters. The van der Waals surface area contributed by atoms with Crippen LogP contribution in [0.15, 0.2) is 23.1 Å². The molecule has 0 heterocycles. The van der Waals surface area contributed by atoms with Gasteiger partial charge in [-0.15, -0.1) is 0 Å². The number of carbonyl (C=O) groups is 1. The Labute approximate surface area is 116 Å². The third kappa shape index (κ3) is 5.15. The van der Waals surface area contributed by atoms with Crippen molar-refractivity contribution in [3.05, 3.63) is 28.8 Å². The predicted octanol–water partition coefficient (Wildman–Crippen LogP) is 1.03. The van der Waals surface area contributed by atoms with Crippen LogP contribution in [0.5, 0.6) is 0 Å². The number of aryl methyl sites for hydroxylation is 1. The molecule has 0 unspecified atom stereocenters. The van der Waals surface area contributed by atoms with Gasteiger partial charge in [-0.2, -0.15) is 0 Å². The Hall–Kier alpha value is -1.15. The first-order valence-electron chi connectivity index (χ1n) is 5.38. The van der Waals surface area contributed by atoms with E-state index in [-0.39, 0.29) is 23.1 Å². The Bertz CT molecular complexity index is 558. The van der Waals surface area contributed by atoms with Crippen molar-refractivity contribution >= 4 is 27.6 Å². The number of sulfonamides is 1. The molecule has 0 aromatic heterocycles. The number of carboxylic acid groups (broad SMARTS) is 1. The van der Waals surface area contributed by atoms with Gasteiger partial charge in [0.1, 0.15) is 11.5 Å². The van der Waals surface area contributed by atoms with Crippen molar-refractivity contribution in [2.24, 2.45) is 0 Å². The maximum Gasteiger partial charge on any atom is 0.329 e. The lowest BCUT2D eigenvalue weighted by atomic mass is 10.2. The van der Waals surface area contributed by atoms with Crippen LogP contribution in [-0.2, 0) is 19.6 Å². The zero-order valence-electron chi connectivity index (χ0n) is 10.2. The summed E-state index contributed by atoms with van der Waals surface area (Å²) in [5.74, 6) is -1.11. The Morgan fingerprint density at radius 3 is 2.74 bits per heavy atom. The first-order chi connectivity index (χ1) is 8.83. The summed E-state index contributed by atoms with van der Waals surface area (Å²) < 4.78 is 30.8. The highest BCUT2D eigenvalue weighted by Crippen LogP contribution is 2.21. The summed E-state index contributed by atoms with van der Waals surface area (Å²) in [5, 5.41) is 8.47. The molecule has 0 amide bonds. The predicted molar refractivity (Wildman–Crippen MR) is 69.8 cm³/mol. The van der Waals surface area contributed by atoms with Gasteiger partial charge in [-0.05, 0) is 24.6 Å². The molecule has 1 rings (SSSR count). The standard InChI is InChI=1S/C11H14ClNO5S/c1-8-2-3-10(9(12)6-8)19(16,17)13-4-5-18-7-11(14)15/h2-3,6,13H,4-5,7H2,1H3,(H,14,15). The third-order valence-electron chi connectivity index (χ3n) is 2.14. The Balaban J connectivity index is 2.59. The first-order valence-corrected chi connectivity index (χ1v) is 7.24. The van der Waals surface area contributed by atoms with Gasteiger partial charge in [-0.3, -0.25) is 0 Å². The number of halogens is 1. The van der Waals surface area contributed by atoms with E-state index in [1.165, 1.54) is 6.07 Å². The minimum atomic E-state index is -3.72. The molecule has 106 valence electrons. The van der Waals surface area contributed by atoms with Crippen LogP contribution in [0.3, 0.4) is 0 Å². The smallest absolute Gasteiger partial charge is 0.329 e. The van der Waals surface area contributed by atoms with Gasteiger partial charge in [-0.25, -0.2) is 17.9 Å². The zero-order chi connectivity index (χ0) is 14.5. The van der Waals surface area contributed by atoms with Gasteiger partial charge in [0, 0.05) is 6.54 Å². The fourth-order valence-electron chi connectivity index (χ4n) is 1.31. The molecule has 0 aliphatic rings. The van der Waals surface area contributed by atoms with Crippen molar-refractivity contribution in [3.8, 4) is 0 Å². The van der Waals surface area contributed by atoms with Gasteiger partial charge >= 0.3 is 5.97 Å². The maximum atomic E-state index is 11.9. The Morgan fingerprint density at radius 2 is 2.16 bits per heavy atom. The minimum Gasteiger partial charge on any atom is -0.480 e. The lowest BCUT2D eigenvalue weighted by Crippen LogP contribution is -2.28. The molecule has 6 nitrogen and oxygen atoms in total. The van der Waals surface area contributed by atoms with Crippen molar-refractivity contribution < 1.29 is 23.1 Å². The highest BCUT2D eigenvalue weighted by atomic mass is 35.5. The number of ether oxygens (including phenoxy) is 1. The fraction of sp³-hybridized carbons (Fsp3) is 0.364. The van der Waals surface area contributed by atoms with E-state index >= 15 is 0 Å². The lowest BCUT2D eigenvalue weighted by Gasteiger charge is -2.08. The number of hydrogen-bond donors (Lipinski definition) is 2. The van der Waals surface area contributed by atoms with E-state index in [1.807, 2.05) is 0 Å². The quantitative estimate of drug-likeness (QED) is 0.734. The molecule has 0 radical (unpaired) electrons. The van der Waals surface area contributed by atoms with E-state index in [0.717, 1.165) is 5.56 Å². The molecule has 0 saturated carbocycles. The first kappa shape index (κ1) is 15.9. The van der Waals surface area contributed by atoms with Crippen molar-refractivity contribution in [1.29, 1.82) is 0 Å². The van der Waals surface area contributed by atoms with Crippen LogP contribution in [0.2, 0.25) is 5.02 Å². The van der Waals surface area contributed by atoms with Crippen LogP contribution in [0, 0.1) is 6.92 Å². The van der Waals surface area contributed by atoms with Gasteiger partial charge in [0.05, 0.1) is 11.6 Å². The molecule has 1 aromatic carbocycles. The largest absolute Gasteiger partial charge is 0.480 e. The average molecular weight is 308 g/mol. The number of hydrogen-bond acceptors (Lipinski definition) is 4. The molecule has 1 aromatic rings. The van der Waals surface area contributed by atoms with Crippen LogP contribution < -0.4 is 4.72 Å². The van der Waals surface area contributed by atoms with Crippen molar-refractivity contribution in [3.63, 3.8) is 0 Å². The van der Waals surface area contributed by atoms with E-state index in [2.05, 4.69) is 4.72 Å². The molecule has 0 fully saturated rings. The number of carboxylic acids is 1. The van der Waals surface area contributed by atoms with E-state index in [0.29, 0.717) is 0 Å². The molecule has 0 saturated heterocycles. The van der Waals surface area contributed by atoms with Crippen molar-refractivity contribution in [1.82, 2.24) is 4.72 Å². The number of nitrogens with one attached hydrogen (secondary N) is 1. The van der Waals surface area contributed by atoms with E-state index in [4.69, 9.17) is 21.4 Å². The summed E-state index contributed by atoms with van der Waals surface area (Å²) >= 11 is 5.87. The molecule has 0 aliphatic heterocycles. The topological polar surface area (TPSA) is 92.7 Å². The highest BCUT2D eigenvalue weighted by molar-refractivity contribution is 7.89. The lowest BCUT2D eigenvalue weighted by molar-refractivity contribution is -0.142. The zero-order valence-corrected chi connectivity index (χ0v) is 11.8. The monoisotopic (exact) mass is 307 g/mol. The summed E-state index contributed by atoms with van der Waals surface area (Å²) in [5.41, 5.74) is 0.855. The summed E-state index contributed by atoms with van der Waals surface area (Å²) in [6.45, 7) is 1.28. The molecule has 2 N–H and O–H groups in total. The number of benzene rings is 1. The average Bonchev–Trinajstić information content (AvgIpc) is 2.27. The fourth-order valence-corrected chi connectivity index (χ4v) is 2.92. The molecule has 8 heteroatoms. The maximum absolute atomic E-state index is 11.9. The second-order valence-electron chi connectivity index (χ2n) is 3.78. The van der Waals surface area contributed by atoms with Crippen molar-refractivity contribution in [2.75, 3.05) is 19.8 Å². The number of rotatable bonds is 7. The second kappa shape index (κ2) is 6.85. The van der Waals surface area contributed by atoms with Gasteiger partial charge in [0.2, 0.25) is 10.0 Å². The van der Waals surface area contributed by atoms with E-state index < -0.39 is 22.6 Å². The Morgan fingerprint density at radius 1 is 1.47 bits per heavy atom. The Kier molecular flexibility index (Phi) is 5.74. The van der Waals surface area contributed by atoms with E-state index in [1.54, 1.807) is 19.1 Å². The molecule has 19 heavy (non-hydrogen) atoms. The summed E-state index contributed by atoms with van der Waals surface area (Å²) in [6, 6.07) is 4.61. The molecular formula is C11H14ClNO5S. The van der Waals surface area contributed by atoms with Gasteiger partial charge in [0.25, 0.3) is 0 Å². The summed E-state index contributed by atoms with van der Waals surface area (Å²) in [7, 11) is -3.72. The van der Waals surface area contributed by atoms with Crippen LogP contribution in [0.1, 0.15) is 5.56 Å². The van der Waals surface area contributed by atoms with Crippen molar-refractivity contribution in [2.45, 2.75) is 11.8 Å². The van der Waals surface area contributed by atoms with Gasteiger partial charge in [0.15, 0.2) is 0 Å². The minimum absolute atomic E-state index is 0.0157. The van der Waals surface area contributed by atoms with Crippen LogP contribution in [0.25, 0.3) is 0 Å². The SMILES string of the molecule is Cc1ccc(S(=O)(=O)NCCOCC(=O)O)c(Cl)c1. The van der Waals surface area contributed by atoms with Crippen LogP contribution in [0.4, 0.5) is 0 Å². The third-order valence-corrected chi connectivity index (χ3v) is 4.08. The summed E-state index contributed by atoms with van der Waals surface area (Å²) in [6.07, 6.45) is 0. The molecule has 0 spiro atoms. The van der Waals surface area contributed by atoms with Crippen LogP contribution >= 0.6 is 11.6 Å².